The lowest BCUT2D eigenvalue weighted by Crippen LogP contribution is -2.46. The quantitative estimate of drug-likeness (QED) is 0.799. The first-order valence-electron chi connectivity index (χ1n) is 6.71. The fraction of sp³-hybridized carbons (Fsp3) is 0.833. The third-order valence-electron chi connectivity index (χ3n) is 3.24. The van der Waals surface area contributed by atoms with Gasteiger partial charge in [-0.2, -0.15) is 0 Å². The fourth-order valence-corrected chi connectivity index (χ4v) is 2.72. The Labute approximate surface area is 114 Å². The molecule has 19 heavy (non-hydrogen) atoms. The zero-order valence-corrected chi connectivity index (χ0v) is 12.3. The van der Waals surface area contributed by atoms with E-state index in [2.05, 4.69) is 4.72 Å². The SMILES string of the molecule is CCCC(=O)N1CCCC(C(=O)NS(=O)(=O)CC)C1. The van der Waals surface area contributed by atoms with Gasteiger partial charge in [0.1, 0.15) is 0 Å². The van der Waals surface area contributed by atoms with Gasteiger partial charge in [-0.05, 0) is 26.2 Å². The van der Waals surface area contributed by atoms with Crippen LogP contribution in [-0.4, -0.2) is 44.0 Å². The van der Waals surface area contributed by atoms with Gasteiger partial charge in [-0.25, -0.2) is 8.42 Å². The average molecular weight is 290 g/mol. The standard InChI is InChI=1S/C12H22N2O4S/c1-3-6-11(15)14-8-5-7-10(9-14)12(16)13-19(17,18)4-2/h10H,3-9H2,1-2H3,(H,13,16). The molecule has 1 aliphatic heterocycles. The Balaban J connectivity index is 2.59. The molecular weight excluding hydrogens is 268 g/mol. The minimum atomic E-state index is -3.52. The Morgan fingerprint density at radius 1 is 1.32 bits per heavy atom. The molecule has 0 radical (unpaired) electrons. The summed E-state index contributed by atoms with van der Waals surface area (Å²) >= 11 is 0. The maximum atomic E-state index is 11.9. The van der Waals surface area contributed by atoms with Crippen molar-refractivity contribution in [3.05, 3.63) is 0 Å². The first kappa shape index (κ1) is 15.9. The summed E-state index contributed by atoms with van der Waals surface area (Å²) in [4.78, 5) is 25.3. The maximum Gasteiger partial charge on any atom is 0.238 e. The van der Waals surface area contributed by atoms with Crippen molar-refractivity contribution in [2.75, 3.05) is 18.8 Å². The number of nitrogens with one attached hydrogen (secondary N) is 1. The number of piperidine rings is 1. The van der Waals surface area contributed by atoms with E-state index in [1.54, 1.807) is 4.90 Å². The van der Waals surface area contributed by atoms with Gasteiger partial charge in [0.15, 0.2) is 0 Å². The van der Waals surface area contributed by atoms with Crippen LogP contribution in [0.25, 0.3) is 0 Å². The Bertz CT molecular complexity index is 433. The van der Waals surface area contributed by atoms with Gasteiger partial charge in [0.2, 0.25) is 21.8 Å². The molecule has 1 saturated heterocycles. The molecule has 1 aliphatic rings. The molecule has 1 fully saturated rings. The third-order valence-corrected chi connectivity index (χ3v) is 4.52. The van der Waals surface area contributed by atoms with Gasteiger partial charge in [0.25, 0.3) is 0 Å². The molecule has 1 unspecified atom stereocenters. The van der Waals surface area contributed by atoms with Crippen LogP contribution >= 0.6 is 0 Å². The van der Waals surface area contributed by atoms with E-state index in [1.807, 2.05) is 6.92 Å². The Kier molecular flexibility index (Phi) is 5.78. The van der Waals surface area contributed by atoms with Crippen molar-refractivity contribution in [3.8, 4) is 0 Å². The molecule has 0 spiro atoms. The lowest BCUT2D eigenvalue weighted by Gasteiger charge is -2.32. The van der Waals surface area contributed by atoms with Gasteiger partial charge in [-0.3, -0.25) is 14.3 Å². The largest absolute Gasteiger partial charge is 0.342 e. The van der Waals surface area contributed by atoms with Crippen LogP contribution in [0.4, 0.5) is 0 Å². The van der Waals surface area contributed by atoms with Gasteiger partial charge in [0.05, 0.1) is 11.7 Å². The normalized spacial score (nSPS) is 20.1. The van der Waals surface area contributed by atoms with Crippen molar-refractivity contribution >= 4 is 21.8 Å². The van der Waals surface area contributed by atoms with E-state index in [-0.39, 0.29) is 11.7 Å². The minimum absolute atomic E-state index is 0.0401. The van der Waals surface area contributed by atoms with Crippen LogP contribution in [0.2, 0.25) is 0 Å². The summed E-state index contributed by atoms with van der Waals surface area (Å²) in [5, 5.41) is 0. The number of amides is 2. The van der Waals surface area contributed by atoms with E-state index >= 15 is 0 Å². The third kappa shape index (κ3) is 4.81. The molecule has 0 aromatic rings. The second kappa shape index (κ2) is 6.88. The molecule has 0 aromatic heterocycles. The number of hydrogen-bond acceptors (Lipinski definition) is 4. The van der Waals surface area contributed by atoms with Gasteiger partial charge >= 0.3 is 0 Å². The van der Waals surface area contributed by atoms with Gasteiger partial charge < -0.3 is 4.90 Å². The topological polar surface area (TPSA) is 83.6 Å². The molecule has 0 aliphatic carbocycles. The average Bonchev–Trinajstić information content (AvgIpc) is 2.38. The van der Waals surface area contributed by atoms with E-state index in [4.69, 9.17) is 0 Å². The Morgan fingerprint density at radius 3 is 2.58 bits per heavy atom. The van der Waals surface area contributed by atoms with Crippen LogP contribution in [0, 0.1) is 5.92 Å². The highest BCUT2D eigenvalue weighted by Crippen LogP contribution is 2.18. The van der Waals surface area contributed by atoms with Crippen molar-refractivity contribution < 1.29 is 18.0 Å². The van der Waals surface area contributed by atoms with E-state index < -0.39 is 21.8 Å². The predicted molar refractivity (Wildman–Crippen MR) is 71.8 cm³/mol. The lowest BCUT2D eigenvalue weighted by molar-refractivity contribution is -0.135. The molecule has 110 valence electrons. The van der Waals surface area contributed by atoms with Crippen molar-refractivity contribution in [1.82, 2.24) is 9.62 Å². The van der Waals surface area contributed by atoms with Gasteiger partial charge in [0, 0.05) is 19.5 Å². The molecule has 2 amide bonds. The van der Waals surface area contributed by atoms with E-state index in [0.29, 0.717) is 25.9 Å². The number of rotatable bonds is 5. The zero-order chi connectivity index (χ0) is 14.5. The number of carbonyl (C=O) groups is 2. The molecule has 1 N–H and O–H groups in total. The van der Waals surface area contributed by atoms with Crippen LogP contribution in [0.5, 0.6) is 0 Å². The van der Waals surface area contributed by atoms with E-state index in [0.717, 1.165) is 12.8 Å². The van der Waals surface area contributed by atoms with Crippen molar-refractivity contribution in [2.24, 2.45) is 5.92 Å². The van der Waals surface area contributed by atoms with Crippen LogP contribution in [-0.2, 0) is 19.6 Å². The second-order valence-corrected chi connectivity index (χ2v) is 6.81. The van der Waals surface area contributed by atoms with Crippen LogP contribution < -0.4 is 4.72 Å². The van der Waals surface area contributed by atoms with Crippen LogP contribution in [0.3, 0.4) is 0 Å². The van der Waals surface area contributed by atoms with Crippen molar-refractivity contribution in [1.29, 1.82) is 0 Å². The monoisotopic (exact) mass is 290 g/mol. The highest BCUT2D eigenvalue weighted by molar-refractivity contribution is 7.90. The highest BCUT2D eigenvalue weighted by atomic mass is 32.2. The molecule has 1 heterocycles. The highest BCUT2D eigenvalue weighted by Gasteiger charge is 2.29. The maximum absolute atomic E-state index is 11.9. The van der Waals surface area contributed by atoms with Crippen LogP contribution in [0.1, 0.15) is 39.5 Å². The second-order valence-electron chi connectivity index (χ2n) is 4.80. The first-order chi connectivity index (χ1) is 8.89. The van der Waals surface area contributed by atoms with Gasteiger partial charge in [-0.1, -0.05) is 6.92 Å². The predicted octanol–water partition coefficient (Wildman–Crippen LogP) is 0.491. The molecule has 0 saturated carbocycles. The minimum Gasteiger partial charge on any atom is -0.342 e. The van der Waals surface area contributed by atoms with Crippen LogP contribution in [0.15, 0.2) is 0 Å². The number of nitrogens with zero attached hydrogens (tertiary/aromatic N) is 1. The summed E-state index contributed by atoms with van der Waals surface area (Å²) in [5.74, 6) is -0.991. The lowest BCUT2D eigenvalue weighted by atomic mass is 9.97. The summed E-state index contributed by atoms with van der Waals surface area (Å²) in [6.07, 6.45) is 2.61. The molecule has 0 aromatic carbocycles. The molecule has 0 bridgehead atoms. The first-order valence-corrected chi connectivity index (χ1v) is 8.37. The smallest absolute Gasteiger partial charge is 0.238 e. The summed E-state index contributed by atoms with van der Waals surface area (Å²) in [6.45, 7) is 4.39. The Hall–Kier alpha value is -1.11. The van der Waals surface area contributed by atoms with E-state index in [9.17, 15) is 18.0 Å². The number of carbonyl (C=O) groups excluding carboxylic acids is 2. The summed E-state index contributed by atoms with van der Waals surface area (Å²) in [6, 6.07) is 0. The number of hydrogen-bond donors (Lipinski definition) is 1. The van der Waals surface area contributed by atoms with Crippen molar-refractivity contribution in [3.63, 3.8) is 0 Å². The molecule has 1 atom stereocenters. The van der Waals surface area contributed by atoms with E-state index in [1.165, 1.54) is 6.92 Å². The molecule has 1 rings (SSSR count). The summed E-state index contributed by atoms with van der Waals surface area (Å²) in [7, 11) is -3.52. The van der Waals surface area contributed by atoms with Crippen molar-refractivity contribution in [2.45, 2.75) is 39.5 Å². The number of sulfonamides is 1. The fourth-order valence-electron chi connectivity index (χ4n) is 2.10. The zero-order valence-electron chi connectivity index (χ0n) is 11.5. The summed E-state index contributed by atoms with van der Waals surface area (Å²) in [5.41, 5.74) is 0. The molecule has 6 nitrogen and oxygen atoms in total. The number of likely N-dealkylation sites (tertiary alicyclic amines) is 1. The molecule has 7 heteroatoms. The molecular formula is C12H22N2O4S. The van der Waals surface area contributed by atoms with Gasteiger partial charge in [-0.15, -0.1) is 0 Å². The summed E-state index contributed by atoms with van der Waals surface area (Å²) < 4.78 is 24.8. The Morgan fingerprint density at radius 2 is 2.00 bits per heavy atom.